The molecule has 1 aliphatic heterocycles. The molecule has 0 bridgehead atoms. The molecule has 0 spiro atoms. The predicted octanol–water partition coefficient (Wildman–Crippen LogP) is 3.80. The van der Waals surface area contributed by atoms with Crippen molar-refractivity contribution in [3.63, 3.8) is 0 Å². The summed E-state index contributed by atoms with van der Waals surface area (Å²) in [5.41, 5.74) is 2.37. The topological polar surface area (TPSA) is 40.6 Å². The van der Waals surface area contributed by atoms with Crippen molar-refractivity contribution in [3.05, 3.63) is 64.7 Å². The van der Waals surface area contributed by atoms with E-state index in [2.05, 4.69) is 11.8 Å². The summed E-state index contributed by atoms with van der Waals surface area (Å²) in [4.78, 5) is 2.67. The summed E-state index contributed by atoms with van der Waals surface area (Å²) < 4.78 is 27.3. The number of sulfonamides is 1. The van der Waals surface area contributed by atoms with Gasteiger partial charge in [0.05, 0.1) is 4.90 Å². The highest BCUT2D eigenvalue weighted by Gasteiger charge is 2.28. The molecule has 2 aromatic rings. The van der Waals surface area contributed by atoms with E-state index in [1.165, 1.54) is 11.1 Å². The summed E-state index contributed by atoms with van der Waals surface area (Å²) in [5, 5.41) is 0.731. The van der Waals surface area contributed by atoms with E-state index in [-0.39, 0.29) is 0 Å². The fourth-order valence-corrected chi connectivity index (χ4v) is 4.79. The molecule has 0 aliphatic carbocycles. The highest BCUT2D eigenvalue weighted by atomic mass is 35.5. The Hall–Kier alpha value is -1.40. The van der Waals surface area contributed by atoms with Crippen molar-refractivity contribution >= 4 is 21.6 Å². The minimum atomic E-state index is -3.41. The molecule has 0 unspecified atom stereocenters. The van der Waals surface area contributed by atoms with E-state index >= 15 is 0 Å². The van der Waals surface area contributed by atoms with Gasteiger partial charge in [-0.15, -0.1) is 0 Å². The minimum absolute atomic E-state index is 0.392. The Labute approximate surface area is 161 Å². The molecule has 140 valence electrons. The second-order valence-electron chi connectivity index (χ2n) is 6.70. The standard InChI is InChI=1S/C20H25ClN2O2S/c1-2-3-17-6-10-20(11-7-17)26(24,25)23-14-12-22(13-15-23)16-18-4-8-19(21)9-5-18/h4-11H,2-3,12-16H2,1H3. The summed E-state index contributed by atoms with van der Waals surface area (Å²) in [7, 11) is -3.41. The van der Waals surface area contributed by atoms with Gasteiger partial charge in [0.15, 0.2) is 0 Å². The maximum atomic E-state index is 12.9. The molecular formula is C20H25ClN2O2S. The summed E-state index contributed by atoms with van der Waals surface area (Å²) in [5.74, 6) is 0. The van der Waals surface area contributed by atoms with Crippen molar-refractivity contribution in [2.24, 2.45) is 0 Å². The number of aryl methyl sites for hydroxylation is 1. The zero-order chi connectivity index (χ0) is 18.6. The lowest BCUT2D eigenvalue weighted by atomic mass is 10.1. The Morgan fingerprint density at radius 3 is 2.04 bits per heavy atom. The van der Waals surface area contributed by atoms with Gasteiger partial charge in [-0.2, -0.15) is 4.31 Å². The van der Waals surface area contributed by atoms with Crippen LogP contribution in [0.3, 0.4) is 0 Å². The molecule has 3 rings (SSSR count). The fraction of sp³-hybridized carbons (Fsp3) is 0.400. The Morgan fingerprint density at radius 1 is 0.885 bits per heavy atom. The lowest BCUT2D eigenvalue weighted by Crippen LogP contribution is -2.48. The van der Waals surface area contributed by atoms with Crippen LogP contribution in [-0.4, -0.2) is 43.8 Å². The van der Waals surface area contributed by atoms with Gasteiger partial charge in [-0.3, -0.25) is 4.90 Å². The molecule has 0 atom stereocenters. The molecule has 4 nitrogen and oxygen atoms in total. The molecule has 1 saturated heterocycles. The average Bonchev–Trinajstić information content (AvgIpc) is 2.65. The second kappa shape index (κ2) is 8.53. The number of hydrogen-bond donors (Lipinski definition) is 0. The van der Waals surface area contributed by atoms with Gasteiger partial charge >= 0.3 is 0 Å². The van der Waals surface area contributed by atoms with Crippen molar-refractivity contribution in [2.45, 2.75) is 31.2 Å². The molecule has 6 heteroatoms. The zero-order valence-corrected chi connectivity index (χ0v) is 16.6. The number of halogens is 1. The Kier molecular flexibility index (Phi) is 6.35. The molecule has 1 aliphatic rings. The smallest absolute Gasteiger partial charge is 0.243 e. The number of piperazine rings is 1. The van der Waals surface area contributed by atoms with Gasteiger partial charge in [0.25, 0.3) is 0 Å². The number of hydrogen-bond acceptors (Lipinski definition) is 3. The molecule has 1 fully saturated rings. The molecular weight excluding hydrogens is 368 g/mol. The van der Waals surface area contributed by atoms with Crippen molar-refractivity contribution in [2.75, 3.05) is 26.2 Å². The van der Waals surface area contributed by atoms with Crippen LogP contribution in [0.5, 0.6) is 0 Å². The van der Waals surface area contributed by atoms with Crippen molar-refractivity contribution in [1.82, 2.24) is 9.21 Å². The van der Waals surface area contributed by atoms with E-state index in [9.17, 15) is 8.42 Å². The lowest BCUT2D eigenvalue weighted by Gasteiger charge is -2.34. The van der Waals surface area contributed by atoms with E-state index in [1.807, 2.05) is 36.4 Å². The number of benzene rings is 2. The summed E-state index contributed by atoms with van der Waals surface area (Å²) in [6.45, 7) is 5.44. The molecule has 2 aromatic carbocycles. The summed E-state index contributed by atoms with van der Waals surface area (Å²) >= 11 is 5.92. The monoisotopic (exact) mass is 392 g/mol. The first-order valence-corrected chi connectivity index (χ1v) is 10.9. The van der Waals surface area contributed by atoms with Crippen LogP contribution in [0.2, 0.25) is 5.02 Å². The normalized spacial score (nSPS) is 16.7. The van der Waals surface area contributed by atoms with Gasteiger partial charge in [0.2, 0.25) is 10.0 Å². The van der Waals surface area contributed by atoms with E-state index in [0.29, 0.717) is 18.0 Å². The predicted molar refractivity (Wildman–Crippen MR) is 106 cm³/mol. The molecule has 26 heavy (non-hydrogen) atoms. The zero-order valence-electron chi connectivity index (χ0n) is 15.1. The Balaban J connectivity index is 1.60. The molecule has 0 aromatic heterocycles. The molecule has 0 N–H and O–H groups in total. The van der Waals surface area contributed by atoms with E-state index in [0.717, 1.165) is 37.5 Å². The average molecular weight is 393 g/mol. The van der Waals surface area contributed by atoms with Crippen LogP contribution in [0.15, 0.2) is 53.4 Å². The van der Waals surface area contributed by atoms with Gasteiger partial charge in [-0.05, 0) is 41.8 Å². The van der Waals surface area contributed by atoms with Crippen molar-refractivity contribution in [1.29, 1.82) is 0 Å². The van der Waals surface area contributed by atoms with Crippen LogP contribution in [0, 0.1) is 0 Å². The summed E-state index contributed by atoms with van der Waals surface area (Å²) in [6.07, 6.45) is 2.03. The maximum absolute atomic E-state index is 12.9. The highest BCUT2D eigenvalue weighted by Crippen LogP contribution is 2.20. The molecule has 1 heterocycles. The molecule has 0 amide bonds. The van der Waals surface area contributed by atoms with Crippen LogP contribution in [0.1, 0.15) is 24.5 Å². The van der Waals surface area contributed by atoms with Gasteiger partial charge < -0.3 is 0 Å². The number of rotatable bonds is 6. The van der Waals surface area contributed by atoms with Gasteiger partial charge in [-0.25, -0.2) is 8.42 Å². The first-order chi connectivity index (χ1) is 12.5. The fourth-order valence-electron chi connectivity index (χ4n) is 3.24. The minimum Gasteiger partial charge on any atom is -0.296 e. The van der Waals surface area contributed by atoms with Gasteiger partial charge in [-0.1, -0.05) is 49.2 Å². The van der Waals surface area contributed by atoms with Crippen LogP contribution in [0.25, 0.3) is 0 Å². The molecule has 0 saturated carbocycles. The lowest BCUT2D eigenvalue weighted by molar-refractivity contribution is 0.181. The van der Waals surface area contributed by atoms with Crippen molar-refractivity contribution < 1.29 is 8.42 Å². The third-order valence-corrected chi connectivity index (χ3v) is 6.92. The van der Waals surface area contributed by atoms with Crippen LogP contribution < -0.4 is 0 Å². The highest BCUT2D eigenvalue weighted by molar-refractivity contribution is 7.89. The van der Waals surface area contributed by atoms with E-state index in [4.69, 9.17) is 11.6 Å². The first kappa shape index (κ1) is 19.4. The quantitative estimate of drug-likeness (QED) is 0.750. The molecule has 0 radical (unpaired) electrons. The van der Waals surface area contributed by atoms with Crippen molar-refractivity contribution in [3.8, 4) is 0 Å². The number of nitrogens with zero attached hydrogens (tertiary/aromatic N) is 2. The summed E-state index contributed by atoms with van der Waals surface area (Å²) in [6, 6.07) is 15.1. The van der Waals surface area contributed by atoms with E-state index in [1.54, 1.807) is 16.4 Å². The van der Waals surface area contributed by atoms with Crippen LogP contribution in [-0.2, 0) is 23.0 Å². The first-order valence-electron chi connectivity index (χ1n) is 9.05. The van der Waals surface area contributed by atoms with Crippen LogP contribution >= 0.6 is 11.6 Å². The second-order valence-corrected chi connectivity index (χ2v) is 9.08. The Morgan fingerprint density at radius 2 is 1.46 bits per heavy atom. The van der Waals surface area contributed by atoms with Gasteiger partial charge in [0, 0.05) is 37.7 Å². The van der Waals surface area contributed by atoms with Gasteiger partial charge in [0.1, 0.15) is 0 Å². The maximum Gasteiger partial charge on any atom is 0.243 e. The Bertz CT molecular complexity index is 812. The third-order valence-electron chi connectivity index (χ3n) is 4.75. The van der Waals surface area contributed by atoms with Crippen LogP contribution in [0.4, 0.5) is 0 Å². The SMILES string of the molecule is CCCc1ccc(S(=O)(=O)N2CCN(Cc3ccc(Cl)cc3)CC2)cc1. The van der Waals surface area contributed by atoms with E-state index < -0.39 is 10.0 Å². The third kappa shape index (κ3) is 4.65. The largest absolute Gasteiger partial charge is 0.296 e.